The molecule has 0 fully saturated rings. The zero-order valence-corrected chi connectivity index (χ0v) is 12.9. The molecule has 2 aromatic heterocycles. The summed E-state index contributed by atoms with van der Waals surface area (Å²) in [5, 5.41) is 6.58. The molecular weight excluding hydrogens is 298 g/mol. The number of esters is 1. The molecule has 5 nitrogen and oxygen atoms in total. The van der Waals surface area contributed by atoms with Gasteiger partial charge in [0.25, 0.3) is 0 Å². The molecule has 2 heterocycles. The summed E-state index contributed by atoms with van der Waals surface area (Å²) in [4.78, 5) is 16.3. The number of carbonyl (C=O) groups excluding carboxylic acids is 1. The molecule has 0 bridgehead atoms. The number of thiazole rings is 1. The molecule has 0 aliphatic heterocycles. The first-order valence-electron chi connectivity index (χ1n) is 6.88. The lowest BCUT2D eigenvalue weighted by Crippen LogP contribution is -2.08. The van der Waals surface area contributed by atoms with Crippen molar-refractivity contribution in [2.24, 2.45) is 7.05 Å². The summed E-state index contributed by atoms with van der Waals surface area (Å²) < 4.78 is 6.97. The number of carbonyl (C=O) groups is 1. The number of ether oxygens (including phenoxy) is 1. The molecule has 0 N–H and O–H groups in total. The Bertz CT molecular complexity index is 765. The maximum absolute atomic E-state index is 12.0. The molecule has 6 heteroatoms. The molecular formula is C16H15N3O2S. The van der Waals surface area contributed by atoms with Crippen LogP contribution in [-0.2, 0) is 18.2 Å². The largest absolute Gasteiger partial charge is 0.461 e. The van der Waals surface area contributed by atoms with Gasteiger partial charge in [0.2, 0.25) is 0 Å². The summed E-state index contributed by atoms with van der Waals surface area (Å²) in [7, 11) is 1.84. The normalized spacial score (nSPS) is 10.6. The fourth-order valence-corrected chi connectivity index (χ4v) is 2.78. The fourth-order valence-electron chi connectivity index (χ4n) is 2.01. The van der Waals surface area contributed by atoms with Gasteiger partial charge in [0.05, 0.1) is 12.8 Å². The van der Waals surface area contributed by atoms with Gasteiger partial charge in [-0.25, -0.2) is 9.78 Å². The summed E-state index contributed by atoms with van der Waals surface area (Å²) in [5.74, 6) is -0.387. The van der Waals surface area contributed by atoms with Gasteiger partial charge >= 0.3 is 5.97 Å². The SMILES string of the molecule is Cn1cc(-c2nc(C(=O)OCCc3ccccc3)cs2)cn1. The Morgan fingerprint density at radius 2 is 2.14 bits per heavy atom. The minimum absolute atomic E-state index is 0.344. The lowest BCUT2D eigenvalue weighted by molar-refractivity contribution is 0.0503. The minimum Gasteiger partial charge on any atom is -0.461 e. The van der Waals surface area contributed by atoms with Crippen molar-refractivity contribution in [1.29, 1.82) is 0 Å². The predicted molar refractivity (Wildman–Crippen MR) is 84.7 cm³/mol. The molecule has 1 aromatic carbocycles. The van der Waals surface area contributed by atoms with Gasteiger partial charge < -0.3 is 4.74 Å². The van der Waals surface area contributed by atoms with Crippen LogP contribution in [0.4, 0.5) is 0 Å². The van der Waals surface area contributed by atoms with Crippen molar-refractivity contribution in [2.75, 3.05) is 6.61 Å². The van der Waals surface area contributed by atoms with Crippen LogP contribution in [0.15, 0.2) is 48.1 Å². The molecule has 0 saturated heterocycles. The van der Waals surface area contributed by atoms with E-state index in [1.807, 2.05) is 43.6 Å². The molecule has 0 spiro atoms. The summed E-state index contributed by atoms with van der Waals surface area (Å²) in [6.07, 6.45) is 4.29. The van der Waals surface area contributed by atoms with Crippen molar-refractivity contribution < 1.29 is 9.53 Å². The Hall–Kier alpha value is -2.47. The Labute approximate surface area is 132 Å². The van der Waals surface area contributed by atoms with Gasteiger partial charge in [0, 0.05) is 30.6 Å². The first kappa shape index (κ1) is 14.5. The highest BCUT2D eigenvalue weighted by atomic mass is 32.1. The monoisotopic (exact) mass is 313 g/mol. The number of aromatic nitrogens is 3. The van der Waals surface area contributed by atoms with E-state index in [2.05, 4.69) is 10.1 Å². The third-order valence-electron chi connectivity index (χ3n) is 3.13. The Morgan fingerprint density at radius 1 is 1.32 bits per heavy atom. The van der Waals surface area contributed by atoms with E-state index in [0.29, 0.717) is 18.7 Å². The van der Waals surface area contributed by atoms with Crippen LogP contribution in [0.3, 0.4) is 0 Å². The van der Waals surface area contributed by atoms with Crippen LogP contribution in [0, 0.1) is 0 Å². The Balaban J connectivity index is 1.58. The number of hydrogen-bond donors (Lipinski definition) is 0. The lowest BCUT2D eigenvalue weighted by atomic mass is 10.2. The van der Waals surface area contributed by atoms with Crippen LogP contribution in [0.5, 0.6) is 0 Å². The van der Waals surface area contributed by atoms with E-state index in [0.717, 1.165) is 16.1 Å². The van der Waals surface area contributed by atoms with Crippen molar-refractivity contribution in [3.05, 3.63) is 59.4 Å². The van der Waals surface area contributed by atoms with Gasteiger partial charge in [-0.05, 0) is 5.56 Å². The van der Waals surface area contributed by atoms with E-state index in [1.165, 1.54) is 11.3 Å². The maximum Gasteiger partial charge on any atom is 0.357 e. The highest BCUT2D eigenvalue weighted by Crippen LogP contribution is 2.23. The van der Waals surface area contributed by atoms with E-state index >= 15 is 0 Å². The second-order valence-electron chi connectivity index (χ2n) is 4.81. The molecule has 3 aromatic rings. The van der Waals surface area contributed by atoms with Gasteiger partial charge in [-0.3, -0.25) is 4.68 Å². The number of aryl methyl sites for hydroxylation is 1. The van der Waals surface area contributed by atoms with Crippen LogP contribution < -0.4 is 0 Å². The molecule has 22 heavy (non-hydrogen) atoms. The number of benzene rings is 1. The van der Waals surface area contributed by atoms with Crippen LogP contribution in [0.2, 0.25) is 0 Å². The van der Waals surface area contributed by atoms with E-state index in [-0.39, 0.29) is 5.97 Å². The highest BCUT2D eigenvalue weighted by molar-refractivity contribution is 7.13. The summed E-state index contributed by atoms with van der Waals surface area (Å²) in [6.45, 7) is 0.350. The van der Waals surface area contributed by atoms with E-state index in [4.69, 9.17) is 4.74 Å². The second-order valence-corrected chi connectivity index (χ2v) is 5.67. The molecule has 3 rings (SSSR count). The first-order valence-corrected chi connectivity index (χ1v) is 7.76. The Kier molecular flexibility index (Phi) is 4.29. The van der Waals surface area contributed by atoms with Gasteiger partial charge in [-0.15, -0.1) is 11.3 Å². The summed E-state index contributed by atoms with van der Waals surface area (Å²) >= 11 is 1.41. The van der Waals surface area contributed by atoms with Crippen molar-refractivity contribution in [3.63, 3.8) is 0 Å². The minimum atomic E-state index is -0.387. The number of rotatable bonds is 5. The van der Waals surface area contributed by atoms with Crippen LogP contribution >= 0.6 is 11.3 Å². The lowest BCUT2D eigenvalue weighted by Gasteiger charge is -2.02. The topological polar surface area (TPSA) is 57.0 Å². The first-order chi connectivity index (χ1) is 10.7. The smallest absolute Gasteiger partial charge is 0.357 e. The molecule has 112 valence electrons. The van der Waals surface area contributed by atoms with E-state index in [1.54, 1.807) is 16.3 Å². The molecule has 0 aliphatic carbocycles. The van der Waals surface area contributed by atoms with Crippen molar-refractivity contribution in [1.82, 2.24) is 14.8 Å². The maximum atomic E-state index is 12.0. The van der Waals surface area contributed by atoms with Crippen LogP contribution in [0.25, 0.3) is 10.6 Å². The number of hydrogen-bond acceptors (Lipinski definition) is 5. The quantitative estimate of drug-likeness (QED) is 0.680. The van der Waals surface area contributed by atoms with Crippen molar-refractivity contribution in [3.8, 4) is 10.6 Å². The van der Waals surface area contributed by atoms with E-state index in [9.17, 15) is 4.79 Å². The van der Waals surface area contributed by atoms with Crippen molar-refractivity contribution >= 4 is 17.3 Å². The van der Waals surface area contributed by atoms with Crippen molar-refractivity contribution in [2.45, 2.75) is 6.42 Å². The van der Waals surface area contributed by atoms with Gasteiger partial charge in [0.1, 0.15) is 5.01 Å². The van der Waals surface area contributed by atoms with Gasteiger partial charge in [-0.2, -0.15) is 5.10 Å². The predicted octanol–water partition coefficient (Wildman–Crippen LogP) is 2.94. The average Bonchev–Trinajstić information content (AvgIpc) is 3.17. The zero-order valence-electron chi connectivity index (χ0n) is 12.1. The highest BCUT2D eigenvalue weighted by Gasteiger charge is 2.13. The standard InChI is InChI=1S/C16H15N3O2S/c1-19-10-13(9-17-19)15-18-14(11-22-15)16(20)21-8-7-12-5-3-2-4-6-12/h2-6,9-11H,7-8H2,1H3. The summed E-state index contributed by atoms with van der Waals surface area (Å²) in [5.41, 5.74) is 2.39. The zero-order chi connectivity index (χ0) is 15.4. The number of nitrogens with zero attached hydrogens (tertiary/aromatic N) is 3. The third-order valence-corrected chi connectivity index (χ3v) is 4.02. The van der Waals surface area contributed by atoms with E-state index < -0.39 is 0 Å². The molecule has 0 radical (unpaired) electrons. The van der Waals surface area contributed by atoms with Crippen LogP contribution in [0.1, 0.15) is 16.1 Å². The van der Waals surface area contributed by atoms with Gasteiger partial charge in [0.15, 0.2) is 5.69 Å². The molecule has 0 amide bonds. The Morgan fingerprint density at radius 3 is 2.86 bits per heavy atom. The molecule has 0 saturated carbocycles. The van der Waals surface area contributed by atoms with Gasteiger partial charge in [-0.1, -0.05) is 30.3 Å². The molecule has 0 atom stereocenters. The fraction of sp³-hybridized carbons (Fsp3) is 0.188. The third kappa shape index (κ3) is 3.40. The average molecular weight is 313 g/mol. The van der Waals surface area contributed by atoms with Crippen LogP contribution in [-0.4, -0.2) is 27.3 Å². The second kappa shape index (κ2) is 6.53. The molecule has 0 aliphatic rings. The molecule has 0 unspecified atom stereocenters. The summed E-state index contributed by atoms with van der Waals surface area (Å²) in [6, 6.07) is 9.93.